The van der Waals surface area contributed by atoms with Gasteiger partial charge in [-0.1, -0.05) is 6.07 Å². The number of benzene rings is 1. The normalized spacial score (nSPS) is 10.7. The Morgan fingerprint density at radius 3 is 2.65 bits per heavy atom. The Kier molecular flexibility index (Phi) is 5.41. The van der Waals surface area contributed by atoms with E-state index in [1.165, 1.54) is 18.3 Å². The van der Waals surface area contributed by atoms with Crippen molar-refractivity contribution >= 4 is 5.97 Å². The van der Waals surface area contributed by atoms with Crippen LogP contribution in [0, 0.1) is 19.7 Å². The molecular weight excluding hydrogens is 333 g/mol. The van der Waals surface area contributed by atoms with E-state index in [-0.39, 0.29) is 5.82 Å². The molecule has 6 heteroatoms. The van der Waals surface area contributed by atoms with Crippen molar-refractivity contribution < 1.29 is 13.9 Å². The number of esters is 1. The SMILES string of the molecule is Cc1cccc(CCCOC(=O)c2cnn(-c3ccc(F)cc3)c2C)n1. The van der Waals surface area contributed by atoms with Gasteiger partial charge < -0.3 is 4.74 Å². The minimum Gasteiger partial charge on any atom is -0.462 e. The molecule has 2 heterocycles. The lowest BCUT2D eigenvalue weighted by molar-refractivity contribution is 0.0499. The first-order valence-corrected chi connectivity index (χ1v) is 8.45. The summed E-state index contributed by atoms with van der Waals surface area (Å²) in [4.78, 5) is 16.7. The molecule has 0 amide bonds. The Hall–Kier alpha value is -3.02. The van der Waals surface area contributed by atoms with Crippen molar-refractivity contribution in [2.45, 2.75) is 26.7 Å². The van der Waals surface area contributed by atoms with Crippen LogP contribution in [0.2, 0.25) is 0 Å². The predicted octanol–water partition coefficient (Wildman–Crippen LogP) is 3.81. The quantitative estimate of drug-likeness (QED) is 0.499. The van der Waals surface area contributed by atoms with Crippen LogP contribution in [-0.2, 0) is 11.2 Å². The molecule has 0 atom stereocenters. The zero-order valence-corrected chi connectivity index (χ0v) is 14.8. The predicted molar refractivity (Wildman–Crippen MR) is 95.8 cm³/mol. The number of aryl methyl sites for hydroxylation is 2. The third-order valence-corrected chi connectivity index (χ3v) is 4.06. The van der Waals surface area contributed by atoms with Gasteiger partial charge in [0.15, 0.2) is 0 Å². The third kappa shape index (κ3) is 4.14. The monoisotopic (exact) mass is 353 g/mol. The van der Waals surface area contributed by atoms with E-state index < -0.39 is 5.97 Å². The van der Waals surface area contributed by atoms with Gasteiger partial charge in [0, 0.05) is 11.4 Å². The van der Waals surface area contributed by atoms with Crippen LogP contribution in [0.5, 0.6) is 0 Å². The van der Waals surface area contributed by atoms with Crippen LogP contribution in [0.25, 0.3) is 5.69 Å². The van der Waals surface area contributed by atoms with E-state index in [0.29, 0.717) is 30.0 Å². The lowest BCUT2D eigenvalue weighted by Gasteiger charge is -2.06. The van der Waals surface area contributed by atoms with Crippen LogP contribution in [0.3, 0.4) is 0 Å². The van der Waals surface area contributed by atoms with Crippen LogP contribution in [0.4, 0.5) is 4.39 Å². The number of aromatic nitrogens is 3. The van der Waals surface area contributed by atoms with Crippen LogP contribution < -0.4 is 0 Å². The van der Waals surface area contributed by atoms with Gasteiger partial charge in [0.1, 0.15) is 11.4 Å². The lowest BCUT2D eigenvalue weighted by Crippen LogP contribution is -2.09. The summed E-state index contributed by atoms with van der Waals surface area (Å²) in [6, 6.07) is 11.8. The summed E-state index contributed by atoms with van der Waals surface area (Å²) in [5.41, 5.74) is 3.71. The number of nitrogens with zero attached hydrogens (tertiary/aromatic N) is 3. The van der Waals surface area contributed by atoms with Gasteiger partial charge in [0.2, 0.25) is 0 Å². The lowest BCUT2D eigenvalue weighted by atomic mass is 10.2. The minimum absolute atomic E-state index is 0.315. The fourth-order valence-corrected chi connectivity index (χ4v) is 2.69. The fraction of sp³-hybridized carbons (Fsp3) is 0.250. The van der Waals surface area contributed by atoms with Gasteiger partial charge in [-0.2, -0.15) is 5.10 Å². The first-order valence-electron chi connectivity index (χ1n) is 8.45. The Bertz CT molecular complexity index is 904. The molecule has 134 valence electrons. The zero-order valence-electron chi connectivity index (χ0n) is 14.8. The highest BCUT2D eigenvalue weighted by molar-refractivity contribution is 5.90. The molecule has 0 bridgehead atoms. The maximum Gasteiger partial charge on any atom is 0.341 e. The summed E-state index contributed by atoms with van der Waals surface area (Å²) in [6.45, 7) is 4.05. The first-order chi connectivity index (χ1) is 12.5. The molecule has 0 N–H and O–H groups in total. The average Bonchev–Trinajstić information content (AvgIpc) is 3.01. The van der Waals surface area contributed by atoms with E-state index >= 15 is 0 Å². The molecule has 0 aliphatic carbocycles. The topological polar surface area (TPSA) is 57.0 Å². The van der Waals surface area contributed by atoms with Gasteiger partial charge in [-0.15, -0.1) is 0 Å². The van der Waals surface area contributed by atoms with E-state index in [1.807, 2.05) is 25.1 Å². The molecule has 0 saturated carbocycles. The zero-order chi connectivity index (χ0) is 18.5. The van der Waals surface area contributed by atoms with E-state index in [9.17, 15) is 9.18 Å². The van der Waals surface area contributed by atoms with Crippen LogP contribution >= 0.6 is 0 Å². The largest absolute Gasteiger partial charge is 0.462 e. The van der Waals surface area contributed by atoms with Crippen molar-refractivity contribution in [3.8, 4) is 5.69 Å². The smallest absolute Gasteiger partial charge is 0.341 e. The molecule has 2 aromatic heterocycles. The van der Waals surface area contributed by atoms with Crippen molar-refractivity contribution in [1.29, 1.82) is 0 Å². The van der Waals surface area contributed by atoms with Gasteiger partial charge in [-0.05, 0) is 63.1 Å². The van der Waals surface area contributed by atoms with Crippen molar-refractivity contribution in [3.05, 3.63) is 77.1 Å². The minimum atomic E-state index is -0.409. The van der Waals surface area contributed by atoms with Gasteiger partial charge in [-0.3, -0.25) is 4.98 Å². The summed E-state index contributed by atoms with van der Waals surface area (Å²) >= 11 is 0. The van der Waals surface area contributed by atoms with E-state index in [0.717, 1.165) is 17.8 Å². The molecule has 0 spiro atoms. The molecule has 0 aliphatic heterocycles. The summed E-state index contributed by atoms with van der Waals surface area (Å²) in [7, 11) is 0. The maximum absolute atomic E-state index is 13.0. The molecule has 3 rings (SSSR count). The van der Waals surface area contributed by atoms with Gasteiger partial charge in [0.05, 0.1) is 24.2 Å². The Morgan fingerprint density at radius 2 is 1.92 bits per heavy atom. The number of rotatable bonds is 6. The summed E-state index contributed by atoms with van der Waals surface area (Å²) < 4.78 is 20.0. The molecular formula is C20H20FN3O2. The second-order valence-electron chi connectivity index (χ2n) is 6.04. The van der Waals surface area contributed by atoms with Crippen LogP contribution in [0.15, 0.2) is 48.7 Å². The molecule has 3 aromatic rings. The highest BCUT2D eigenvalue weighted by atomic mass is 19.1. The van der Waals surface area contributed by atoms with Gasteiger partial charge in [-0.25, -0.2) is 13.9 Å². The summed E-state index contributed by atoms with van der Waals surface area (Å²) in [6.07, 6.45) is 2.93. The summed E-state index contributed by atoms with van der Waals surface area (Å²) in [5.74, 6) is -0.727. The number of halogens is 1. The number of hydrogen-bond acceptors (Lipinski definition) is 4. The van der Waals surface area contributed by atoms with E-state index in [1.54, 1.807) is 23.7 Å². The fourth-order valence-electron chi connectivity index (χ4n) is 2.69. The molecule has 26 heavy (non-hydrogen) atoms. The number of carbonyl (C=O) groups excluding carboxylic acids is 1. The van der Waals surface area contributed by atoms with E-state index in [2.05, 4.69) is 10.1 Å². The molecule has 0 unspecified atom stereocenters. The van der Waals surface area contributed by atoms with Gasteiger partial charge >= 0.3 is 5.97 Å². The number of ether oxygens (including phenoxy) is 1. The molecule has 0 fully saturated rings. The van der Waals surface area contributed by atoms with Crippen molar-refractivity contribution in [2.24, 2.45) is 0 Å². The third-order valence-electron chi connectivity index (χ3n) is 4.06. The Morgan fingerprint density at radius 1 is 1.15 bits per heavy atom. The standard InChI is InChI=1S/C20H20FN3O2/c1-14-5-3-6-17(23-14)7-4-12-26-20(25)19-13-22-24(15(19)2)18-10-8-16(21)9-11-18/h3,5-6,8-11,13H,4,7,12H2,1-2H3. The van der Waals surface area contributed by atoms with Crippen molar-refractivity contribution in [1.82, 2.24) is 14.8 Å². The second-order valence-corrected chi connectivity index (χ2v) is 6.04. The Labute approximate surface area is 151 Å². The van der Waals surface area contributed by atoms with Crippen LogP contribution in [0.1, 0.15) is 33.9 Å². The van der Waals surface area contributed by atoms with Gasteiger partial charge in [0.25, 0.3) is 0 Å². The Balaban J connectivity index is 1.57. The summed E-state index contributed by atoms with van der Waals surface area (Å²) in [5, 5.41) is 4.21. The highest BCUT2D eigenvalue weighted by Crippen LogP contribution is 2.15. The average molecular weight is 353 g/mol. The molecule has 0 radical (unpaired) electrons. The molecule has 0 saturated heterocycles. The first kappa shape index (κ1) is 17.8. The molecule has 5 nitrogen and oxygen atoms in total. The van der Waals surface area contributed by atoms with Crippen molar-refractivity contribution in [3.63, 3.8) is 0 Å². The second kappa shape index (κ2) is 7.91. The number of pyridine rings is 1. The number of carbonyl (C=O) groups is 1. The number of hydrogen-bond donors (Lipinski definition) is 0. The van der Waals surface area contributed by atoms with Crippen molar-refractivity contribution in [2.75, 3.05) is 6.61 Å². The highest BCUT2D eigenvalue weighted by Gasteiger charge is 2.16. The van der Waals surface area contributed by atoms with E-state index in [4.69, 9.17) is 4.74 Å². The molecule has 1 aromatic carbocycles. The van der Waals surface area contributed by atoms with Crippen LogP contribution in [-0.4, -0.2) is 27.3 Å². The maximum atomic E-state index is 13.0. The molecule has 0 aliphatic rings.